The Morgan fingerprint density at radius 1 is 1.17 bits per heavy atom. The number of hydrogen-bond donors (Lipinski definition) is 4. The number of rotatable bonds is 7. The van der Waals surface area contributed by atoms with Crippen molar-refractivity contribution in [3.8, 4) is 0 Å². The molecule has 1 heterocycles. The van der Waals surface area contributed by atoms with Gasteiger partial charge in [0.25, 0.3) is 5.91 Å². The average molecular weight is 408 g/mol. The average Bonchev–Trinajstić information content (AvgIpc) is 2.76. The molecule has 0 spiro atoms. The van der Waals surface area contributed by atoms with E-state index in [1.807, 2.05) is 43.3 Å². The van der Waals surface area contributed by atoms with Crippen LogP contribution >= 0.6 is 0 Å². The SMILES string of the molecule is CCNC(=NCC1CC(=O)Nc2ccccc21)NCCc1cccc(C(=O)NC)c1. The van der Waals surface area contributed by atoms with Gasteiger partial charge in [-0.1, -0.05) is 30.3 Å². The molecule has 158 valence electrons. The van der Waals surface area contributed by atoms with Gasteiger partial charge in [-0.2, -0.15) is 0 Å². The van der Waals surface area contributed by atoms with Crippen LogP contribution in [0.3, 0.4) is 0 Å². The van der Waals surface area contributed by atoms with Crippen LogP contribution in [0.4, 0.5) is 5.69 Å². The van der Waals surface area contributed by atoms with Crippen molar-refractivity contribution >= 4 is 23.5 Å². The lowest BCUT2D eigenvalue weighted by molar-refractivity contribution is -0.116. The van der Waals surface area contributed by atoms with Crippen molar-refractivity contribution in [2.45, 2.75) is 25.7 Å². The molecule has 1 aliphatic heterocycles. The molecule has 0 bridgehead atoms. The van der Waals surface area contributed by atoms with Crippen molar-refractivity contribution in [1.82, 2.24) is 16.0 Å². The number of aliphatic imine (C=N–C) groups is 1. The van der Waals surface area contributed by atoms with Gasteiger partial charge in [0, 0.05) is 43.7 Å². The number of para-hydroxylation sites is 1. The first-order valence-corrected chi connectivity index (χ1v) is 10.3. The number of nitrogens with one attached hydrogen (secondary N) is 4. The van der Waals surface area contributed by atoms with Crippen LogP contribution in [0.2, 0.25) is 0 Å². The smallest absolute Gasteiger partial charge is 0.251 e. The molecule has 2 aromatic rings. The maximum Gasteiger partial charge on any atom is 0.251 e. The summed E-state index contributed by atoms with van der Waals surface area (Å²) >= 11 is 0. The molecule has 3 rings (SSSR count). The van der Waals surface area contributed by atoms with Crippen LogP contribution in [0.15, 0.2) is 53.5 Å². The van der Waals surface area contributed by atoms with Gasteiger partial charge in [-0.15, -0.1) is 0 Å². The fourth-order valence-corrected chi connectivity index (χ4v) is 3.55. The molecule has 0 fully saturated rings. The first-order valence-electron chi connectivity index (χ1n) is 10.3. The third kappa shape index (κ3) is 5.59. The molecule has 30 heavy (non-hydrogen) atoms. The van der Waals surface area contributed by atoms with Crippen molar-refractivity contribution in [3.63, 3.8) is 0 Å². The summed E-state index contributed by atoms with van der Waals surface area (Å²) in [6.07, 6.45) is 1.20. The van der Waals surface area contributed by atoms with E-state index >= 15 is 0 Å². The first-order chi connectivity index (χ1) is 14.6. The minimum Gasteiger partial charge on any atom is -0.357 e. The van der Waals surface area contributed by atoms with Crippen LogP contribution in [-0.4, -0.2) is 44.5 Å². The van der Waals surface area contributed by atoms with E-state index in [9.17, 15) is 9.59 Å². The van der Waals surface area contributed by atoms with Gasteiger partial charge in [-0.25, -0.2) is 0 Å². The highest BCUT2D eigenvalue weighted by molar-refractivity contribution is 5.95. The number of nitrogens with zero attached hydrogens (tertiary/aromatic N) is 1. The predicted octanol–water partition coefficient (Wildman–Crippen LogP) is 2.27. The molecule has 2 amide bonds. The summed E-state index contributed by atoms with van der Waals surface area (Å²) in [6.45, 7) is 3.99. The summed E-state index contributed by atoms with van der Waals surface area (Å²) in [5.41, 5.74) is 3.74. The van der Waals surface area contributed by atoms with Crippen LogP contribution in [0.5, 0.6) is 0 Å². The third-order valence-electron chi connectivity index (χ3n) is 5.04. The van der Waals surface area contributed by atoms with Gasteiger partial charge in [0.15, 0.2) is 5.96 Å². The fraction of sp³-hybridized carbons (Fsp3) is 0.348. The molecule has 0 aliphatic carbocycles. The Balaban J connectivity index is 1.60. The number of hydrogen-bond acceptors (Lipinski definition) is 3. The second kappa shape index (κ2) is 10.4. The molecular formula is C23H29N5O2. The van der Waals surface area contributed by atoms with Crippen molar-refractivity contribution in [2.24, 2.45) is 4.99 Å². The van der Waals surface area contributed by atoms with E-state index in [0.29, 0.717) is 25.1 Å². The number of carbonyl (C=O) groups is 2. The van der Waals surface area contributed by atoms with Gasteiger partial charge in [-0.05, 0) is 42.7 Å². The van der Waals surface area contributed by atoms with E-state index < -0.39 is 0 Å². The highest BCUT2D eigenvalue weighted by Crippen LogP contribution is 2.31. The van der Waals surface area contributed by atoms with Crippen LogP contribution in [0, 0.1) is 0 Å². The number of guanidine groups is 1. The number of fused-ring (bicyclic) bond motifs is 1. The van der Waals surface area contributed by atoms with Crippen LogP contribution in [0.25, 0.3) is 0 Å². The summed E-state index contributed by atoms with van der Waals surface area (Å²) in [6, 6.07) is 15.5. The number of benzene rings is 2. The van der Waals surface area contributed by atoms with Crippen molar-refractivity contribution in [1.29, 1.82) is 0 Å². The second-order valence-electron chi connectivity index (χ2n) is 7.21. The Morgan fingerprint density at radius 3 is 2.80 bits per heavy atom. The summed E-state index contributed by atoms with van der Waals surface area (Å²) in [5.74, 6) is 0.734. The number of anilines is 1. The molecule has 0 saturated carbocycles. The monoisotopic (exact) mass is 407 g/mol. The Hall–Kier alpha value is -3.35. The van der Waals surface area contributed by atoms with Gasteiger partial charge in [0.1, 0.15) is 0 Å². The lowest BCUT2D eigenvalue weighted by Gasteiger charge is -2.24. The van der Waals surface area contributed by atoms with E-state index in [-0.39, 0.29) is 17.7 Å². The minimum atomic E-state index is -0.0866. The van der Waals surface area contributed by atoms with Gasteiger partial charge in [0.05, 0.1) is 6.54 Å². The van der Waals surface area contributed by atoms with E-state index in [4.69, 9.17) is 4.99 Å². The quantitative estimate of drug-likeness (QED) is 0.418. The minimum absolute atomic E-state index is 0.0304. The van der Waals surface area contributed by atoms with Crippen LogP contribution in [-0.2, 0) is 11.2 Å². The Morgan fingerprint density at radius 2 is 2.00 bits per heavy atom. The molecule has 1 atom stereocenters. The Bertz CT molecular complexity index is 925. The van der Waals surface area contributed by atoms with Crippen molar-refractivity contribution in [2.75, 3.05) is 32.0 Å². The zero-order valence-electron chi connectivity index (χ0n) is 17.5. The first kappa shape index (κ1) is 21.4. The summed E-state index contributed by atoms with van der Waals surface area (Å²) in [7, 11) is 1.63. The van der Waals surface area contributed by atoms with Gasteiger partial charge in [-0.3, -0.25) is 14.6 Å². The molecule has 0 saturated heterocycles. The molecule has 0 radical (unpaired) electrons. The molecule has 4 N–H and O–H groups in total. The lowest BCUT2D eigenvalue weighted by atomic mass is 9.91. The van der Waals surface area contributed by atoms with E-state index in [1.54, 1.807) is 13.1 Å². The number of amides is 2. The molecule has 0 aromatic heterocycles. The largest absolute Gasteiger partial charge is 0.357 e. The van der Waals surface area contributed by atoms with Crippen LogP contribution in [0.1, 0.15) is 40.7 Å². The summed E-state index contributed by atoms with van der Waals surface area (Å²) < 4.78 is 0. The normalized spacial score (nSPS) is 15.7. The van der Waals surface area contributed by atoms with Crippen molar-refractivity contribution < 1.29 is 9.59 Å². The van der Waals surface area contributed by atoms with Crippen molar-refractivity contribution in [3.05, 3.63) is 65.2 Å². The molecular weight excluding hydrogens is 378 g/mol. The number of carbonyl (C=O) groups excluding carboxylic acids is 2. The topological polar surface area (TPSA) is 94.6 Å². The predicted molar refractivity (Wildman–Crippen MR) is 120 cm³/mol. The van der Waals surface area contributed by atoms with Gasteiger partial charge in [0.2, 0.25) is 5.91 Å². The zero-order chi connectivity index (χ0) is 21.3. The lowest BCUT2D eigenvalue weighted by Crippen LogP contribution is -2.39. The molecule has 2 aromatic carbocycles. The zero-order valence-corrected chi connectivity index (χ0v) is 17.5. The van der Waals surface area contributed by atoms with Gasteiger partial charge < -0.3 is 21.3 Å². The van der Waals surface area contributed by atoms with E-state index in [2.05, 4.69) is 27.3 Å². The second-order valence-corrected chi connectivity index (χ2v) is 7.21. The molecule has 7 nitrogen and oxygen atoms in total. The maximum atomic E-state index is 12.0. The van der Waals surface area contributed by atoms with E-state index in [1.165, 1.54) is 0 Å². The third-order valence-corrected chi connectivity index (χ3v) is 5.04. The Kier molecular flexibility index (Phi) is 7.43. The molecule has 1 aliphatic rings. The highest BCUT2D eigenvalue weighted by atomic mass is 16.2. The highest BCUT2D eigenvalue weighted by Gasteiger charge is 2.24. The molecule has 7 heteroatoms. The fourth-order valence-electron chi connectivity index (χ4n) is 3.55. The maximum absolute atomic E-state index is 12.0. The standard InChI is InChI=1S/C23H29N5O2/c1-3-25-23(26-12-11-16-7-6-8-17(13-16)22(30)24-2)27-15-18-14-21(29)28-20-10-5-4-9-19(18)20/h4-10,13,18H,3,11-12,14-15H2,1-2H3,(H,24,30)(H,28,29)(H2,25,26,27). The Labute approximate surface area is 177 Å². The summed E-state index contributed by atoms with van der Waals surface area (Å²) in [4.78, 5) is 28.5. The van der Waals surface area contributed by atoms with E-state index in [0.717, 1.165) is 35.7 Å². The summed E-state index contributed by atoms with van der Waals surface area (Å²) in [5, 5.41) is 12.2. The molecule has 1 unspecified atom stereocenters. The van der Waals surface area contributed by atoms with Crippen LogP contribution < -0.4 is 21.3 Å². The van der Waals surface area contributed by atoms with Gasteiger partial charge >= 0.3 is 0 Å².